The van der Waals surface area contributed by atoms with Gasteiger partial charge in [-0.25, -0.2) is 0 Å². The van der Waals surface area contributed by atoms with Gasteiger partial charge in [-0.05, 0) is 69.2 Å². The van der Waals surface area contributed by atoms with Gasteiger partial charge in [-0.3, -0.25) is 9.69 Å². The molecular weight excluding hydrogens is 595 g/mol. The van der Waals surface area contributed by atoms with Crippen LogP contribution in [0.25, 0.3) is 10.8 Å². The lowest BCUT2D eigenvalue weighted by molar-refractivity contribution is -0.128. The molecule has 1 aromatic heterocycles. The monoisotopic (exact) mass is 637 g/mol. The van der Waals surface area contributed by atoms with Gasteiger partial charge in [0.1, 0.15) is 12.4 Å². The first-order valence-electron chi connectivity index (χ1n) is 16.5. The van der Waals surface area contributed by atoms with Crippen LogP contribution in [0.1, 0.15) is 43.0 Å². The van der Waals surface area contributed by atoms with Crippen LogP contribution >= 0.6 is 11.8 Å². The van der Waals surface area contributed by atoms with Gasteiger partial charge in [0.15, 0.2) is 0 Å². The zero-order valence-corrected chi connectivity index (χ0v) is 27.9. The fourth-order valence-corrected chi connectivity index (χ4v) is 8.37. The second-order valence-corrected chi connectivity index (χ2v) is 15.0. The molecular formula is C36H43N7O2S. The molecule has 0 N–H and O–H groups in total. The van der Waals surface area contributed by atoms with Crippen LogP contribution in [0.3, 0.4) is 0 Å². The molecule has 0 spiro atoms. The summed E-state index contributed by atoms with van der Waals surface area (Å²) in [7, 11) is 2.23. The summed E-state index contributed by atoms with van der Waals surface area (Å²) in [4.78, 5) is 31.7. The van der Waals surface area contributed by atoms with Crippen LogP contribution in [-0.2, 0) is 17.8 Å². The van der Waals surface area contributed by atoms with E-state index in [1.165, 1.54) is 40.9 Å². The molecule has 4 aliphatic rings. The van der Waals surface area contributed by atoms with E-state index in [0.717, 1.165) is 42.5 Å². The highest BCUT2D eigenvalue weighted by molar-refractivity contribution is 8.08. The van der Waals surface area contributed by atoms with Crippen molar-refractivity contribution < 1.29 is 9.53 Å². The van der Waals surface area contributed by atoms with Crippen molar-refractivity contribution in [3.63, 3.8) is 0 Å². The summed E-state index contributed by atoms with van der Waals surface area (Å²) < 4.78 is 6.43. The first kappa shape index (κ1) is 30.8. The molecule has 1 unspecified atom stereocenters. The van der Waals surface area contributed by atoms with Crippen LogP contribution in [-0.4, -0.2) is 88.2 Å². The van der Waals surface area contributed by atoms with Crippen molar-refractivity contribution in [1.82, 2.24) is 19.8 Å². The Morgan fingerprint density at radius 2 is 2.00 bits per heavy atom. The highest BCUT2D eigenvalue weighted by Gasteiger charge is 2.55. The summed E-state index contributed by atoms with van der Waals surface area (Å²) in [6.45, 7) is 13.0. The fraction of sp³-hybridized carbons (Fsp3) is 0.500. The van der Waals surface area contributed by atoms with Crippen LogP contribution < -0.4 is 14.5 Å². The number of benzene rings is 2. The molecule has 46 heavy (non-hydrogen) atoms. The molecule has 1 saturated carbocycles. The average molecular weight is 638 g/mol. The van der Waals surface area contributed by atoms with Gasteiger partial charge in [0, 0.05) is 49.4 Å². The maximum atomic E-state index is 12.6. The summed E-state index contributed by atoms with van der Waals surface area (Å²) in [5.41, 5.74) is 4.60. The zero-order valence-electron chi connectivity index (χ0n) is 27.1. The third kappa shape index (κ3) is 5.91. The lowest BCUT2D eigenvalue weighted by Crippen LogP contribution is -2.55. The first-order chi connectivity index (χ1) is 22.3. The molecule has 2 saturated heterocycles. The van der Waals surface area contributed by atoms with Crippen molar-refractivity contribution in [3.8, 4) is 12.1 Å². The summed E-state index contributed by atoms with van der Waals surface area (Å²) in [6.07, 6.45) is 5.09. The molecule has 1 amide bonds. The van der Waals surface area contributed by atoms with Gasteiger partial charge in [0.2, 0.25) is 5.91 Å². The summed E-state index contributed by atoms with van der Waals surface area (Å²) in [5.74, 6) is 1.59. The Labute approximate surface area is 276 Å². The smallest absolute Gasteiger partial charge is 0.318 e. The highest BCUT2D eigenvalue weighted by atomic mass is 32.2. The number of nitrogens with zero attached hydrogens (tertiary/aromatic N) is 7. The Morgan fingerprint density at radius 1 is 1.20 bits per heavy atom. The summed E-state index contributed by atoms with van der Waals surface area (Å²) in [6, 6.07) is 15.5. The number of piperazine rings is 1. The Morgan fingerprint density at radius 3 is 2.76 bits per heavy atom. The van der Waals surface area contributed by atoms with Crippen LogP contribution in [0.2, 0.25) is 0 Å². The number of hydrogen-bond donors (Lipinski definition) is 0. The second kappa shape index (κ2) is 12.4. The molecule has 2 aromatic carbocycles. The zero-order chi connectivity index (χ0) is 32.0. The quantitative estimate of drug-likeness (QED) is 0.221. The van der Waals surface area contributed by atoms with Gasteiger partial charge in [-0.15, -0.1) is 11.8 Å². The maximum Gasteiger partial charge on any atom is 0.318 e. The molecule has 9 nitrogen and oxygen atoms in total. The number of carbonyl (C=O) groups is 1. The number of anilines is 2. The molecule has 3 atom stereocenters. The molecule has 0 bridgehead atoms. The molecule has 0 radical (unpaired) electrons. The van der Waals surface area contributed by atoms with Gasteiger partial charge in [0.25, 0.3) is 0 Å². The van der Waals surface area contributed by atoms with Crippen LogP contribution in [0.4, 0.5) is 11.5 Å². The van der Waals surface area contributed by atoms with Gasteiger partial charge in [-0.1, -0.05) is 36.9 Å². The Kier molecular flexibility index (Phi) is 8.32. The van der Waals surface area contributed by atoms with Gasteiger partial charge >= 0.3 is 6.01 Å². The SMILES string of the molecule is C=CC(=O)N1CCN(c2nc(OCC3S[C@]3(C)N(C)CC3CC3)nc3c2CCN(c2cccc4cccc(C)c24)C3)C[C@@H]1CC#N. The molecule has 10 heteroatoms. The normalized spacial score (nSPS) is 24.1. The molecule has 4 heterocycles. The van der Waals surface area contributed by atoms with E-state index in [2.05, 4.69) is 84.6 Å². The number of aromatic nitrogens is 2. The number of thioether (sulfide) groups is 1. The van der Waals surface area contributed by atoms with Crippen molar-refractivity contribution in [2.45, 2.75) is 62.2 Å². The van der Waals surface area contributed by atoms with Crippen LogP contribution in [0.15, 0.2) is 49.1 Å². The number of rotatable bonds is 10. The predicted molar refractivity (Wildman–Crippen MR) is 184 cm³/mol. The first-order valence-corrected chi connectivity index (χ1v) is 17.4. The second-order valence-electron chi connectivity index (χ2n) is 13.4. The number of amides is 1. The van der Waals surface area contributed by atoms with Crippen molar-refractivity contribution in [1.29, 1.82) is 5.26 Å². The standard InChI is InChI=1S/C36H43N7O2S/c1-5-32(44)43-19-18-42(21-27(43)14-16-37)34-28-15-17-41(30-11-7-10-26-9-6-8-24(2)33(26)30)22-29(28)38-35(39-34)45-23-31-36(3,46-31)40(4)20-25-12-13-25/h5-11,25,27,31H,1,12-15,17-23H2,2-4H3/t27-,31?,36-/m0/s1. The number of aryl methyl sites for hydroxylation is 1. The lowest BCUT2D eigenvalue weighted by atomic mass is 9.99. The Bertz CT molecular complexity index is 1700. The van der Waals surface area contributed by atoms with Crippen molar-refractivity contribution in [3.05, 3.63) is 65.9 Å². The third-order valence-corrected chi connectivity index (χ3v) is 12.0. The van der Waals surface area contributed by atoms with Crippen molar-refractivity contribution in [2.75, 3.05) is 56.2 Å². The molecule has 1 aliphatic carbocycles. The number of hydrogen-bond acceptors (Lipinski definition) is 9. The van der Waals surface area contributed by atoms with Crippen LogP contribution in [0.5, 0.6) is 6.01 Å². The van der Waals surface area contributed by atoms with E-state index in [1.54, 1.807) is 4.90 Å². The topological polar surface area (TPSA) is 88.8 Å². The number of fused-ring (bicyclic) bond motifs is 2. The van der Waals surface area contributed by atoms with E-state index in [-0.39, 0.29) is 23.2 Å². The maximum absolute atomic E-state index is 12.6. The average Bonchev–Trinajstić information content (AvgIpc) is 4.00. The van der Waals surface area contributed by atoms with E-state index in [0.29, 0.717) is 44.0 Å². The van der Waals surface area contributed by atoms with Gasteiger partial charge in [-0.2, -0.15) is 15.2 Å². The lowest BCUT2D eigenvalue weighted by Gasteiger charge is -2.42. The highest BCUT2D eigenvalue weighted by Crippen LogP contribution is 2.55. The summed E-state index contributed by atoms with van der Waals surface area (Å²) in [5, 5.41) is 12.5. The minimum Gasteiger partial charge on any atom is -0.462 e. The van der Waals surface area contributed by atoms with Gasteiger partial charge < -0.3 is 19.4 Å². The minimum absolute atomic E-state index is 0.0845. The third-order valence-electron chi connectivity index (χ3n) is 10.3. The number of ether oxygens (including phenoxy) is 1. The molecule has 3 aliphatic heterocycles. The predicted octanol–water partition coefficient (Wildman–Crippen LogP) is 5.17. The number of nitriles is 1. The fourth-order valence-electron chi connectivity index (χ4n) is 7.22. The molecule has 240 valence electrons. The summed E-state index contributed by atoms with van der Waals surface area (Å²) >= 11 is 1.96. The molecule has 3 fully saturated rings. The van der Waals surface area contributed by atoms with E-state index in [4.69, 9.17) is 14.7 Å². The van der Waals surface area contributed by atoms with E-state index in [1.807, 2.05) is 11.8 Å². The Balaban J connectivity index is 1.18. The largest absolute Gasteiger partial charge is 0.462 e. The van der Waals surface area contributed by atoms with Crippen molar-refractivity contribution >= 4 is 39.9 Å². The van der Waals surface area contributed by atoms with Crippen molar-refractivity contribution in [2.24, 2.45) is 5.92 Å². The minimum atomic E-state index is -0.233. The molecule has 3 aromatic rings. The van der Waals surface area contributed by atoms with Crippen LogP contribution in [0, 0.1) is 24.2 Å². The number of carbonyl (C=O) groups excluding carboxylic acids is 1. The van der Waals surface area contributed by atoms with E-state index < -0.39 is 0 Å². The van der Waals surface area contributed by atoms with E-state index >= 15 is 0 Å². The Hall–Kier alpha value is -3.81. The van der Waals surface area contributed by atoms with E-state index in [9.17, 15) is 10.1 Å². The molecule has 7 rings (SSSR count). The van der Waals surface area contributed by atoms with Gasteiger partial charge in [0.05, 0.1) is 40.9 Å².